The molecule has 1 atom stereocenters. The molecule has 2 aliphatic rings. The van der Waals surface area contributed by atoms with Crippen molar-refractivity contribution in [1.82, 2.24) is 25.1 Å². The van der Waals surface area contributed by atoms with Crippen molar-refractivity contribution in [2.24, 2.45) is 5.92 Å². The molecule has 1 aliphatic carbocycles. The number of amides is 2. The Bertz CT molecular complexity index is 992. The number of fused-ring (bicyclic) bond motifs is 1. The largest absolute Gasteiger partial charge is 0.390 e. The van der Waals surface area contributed by atoms with Gasteiger partial charge in [-0.2, -0.15) is 0 Å². The van der Waals surface area contributed by atoms with Gasteiger partial charge in [-0.3, -0.25) is 14.5 Å². The van der Waals surface area contributed by atoms with Crippen LogP contribution in [0.5, 0.6) is 0 Å². The van der Waals surface area contributed by atoms with Crippen molar-refractivity contribution in [3.8, 4) is 0 Å². The average molecular weight is 453 g/mol. The number of nitrogens with zero attached hydrogens (tertiary/aromatic N) is 4. The van der Waals surface area contributed by atoms with Gasteiger partial charge in [0.2, 0.25) is 5.91 Å². The number of anilines is 1. The maximum Gasteiger partial charge on any atom is 0.270 e. The van der Waals surface area contributed by atoms with Crippen LogP contribution in [-0.4, -0.2) is 82.6 Å². The molecule has 33 heavy (non-hydrogen) atoms. The van der Waals surface area contributed by atoms with Gasteiger partial charge in [-0.05, 0) is 30.4 Å². The van der Waals surface area contributed by atoms with Gasteiger partial charge in [-0.15, -0.1) is 0 Å². The molecule has 1 aromatic carbocycles. The zero-order chi connectivity index (χ0) is 23.4. The predicted octanol–water partition coefficient (Wildman–Crippen LogP) is 0.904. The monoisotopic (exact) mass is 452 g/mol. The standard InChI is InChI=1S/C24H32N6O3/c1-29(2)24(33)18-9-19(10-18)28-22-11-21(26-15-27-22)23(32)25-12-20(31)14-30-8-7-16-5-3-4-6-17(16)13-30/h3-6,11,15,18-20,31H,7-10,12-14H2,1-2H3,(H,25,32)(H,26,27,28)/t18?,19?,20-/m0/s1. The molecule has 0 unspecified atom stereocenters. The van der Waals surface area contributed by atoms with Crippen LogP contribution in [0.3, 0.4) is 0 Å². The molecule has 0 saturated heterocycles. The zero-order valence-corrected chi connectivity index (χ0v) is 19.2. The zero-order valence-electron chi connectivity index (χ0n) is 19.2. The summed E-state index contributed by atoms with van der Waals surface area (Å²) in [5, 5.41) is 16.5. The van der Waals surface area contributed by atoms with E-state index in [1.54, 1.807) is 25.1 Å². The molecular formula is C24H32N6O3. The highest BCUT2D eigenvalue weighted by Crippen LogP contribution is 2.31. The summed E-state index contributed by atoms with van der Waals surface area (Å²) in [5.41, 5.74) is 2.91. The number of hydrogen-bond acceptors (Lipinski definition) is 7. The number of rotatable bonds is 8. The summed E-state index contributed by atoms with van der Waals surface area (Å²) in [6.07, 6.45) is 3.14. The molecule has 2 amide bonds. The maximum absolute atomic E-state index is 12.5. The van der Waals surface area contributed by atoms with Gasteiger partial charge in [0.25, 0.3) is 5.91 Å². The second-order valence-corrected chi connectivity index (χ2v) is 9.15. The Kier molecular flexibility index (Phi) is 7.20. The number of β-amino-alcohol motifs (C(OH)–C–C–N with tert-alkyl or cyclic N) is 1. The molecule has 1 aliphatic heterocycles. The smallest absolute Gasteiger partial charge is 0.270 e. The van der Waals surface area contributed by atoms with Crippen LogP contribution in [0.25, 0.3) is 0 Å². The van der Waals surface area contributed by atoms with Gasteiger partial charge in [0.05, 0.1) is 6.10 Å². The van der Waals surface area contributed by atoms with E-state index in [-0.39, 0.29) is 36.0 Å². The third-order valence-corrected chi connectivity index (χ3v) is 6.36. The fraction of sp³-hybridized carbons (Fsp3) is 0.500. The summed E-state index contributed by atoms with van der Waals surface area (Å²) in [4.78, 5) is 36.6. The highest BCUT2D eigenvalue weighted by atomic mass is 16.3. The van der Waals surface area contributed by atoms with Gasteiger partial charge < -0.3 is 20.6 Å². The lowest BCUT2D eigenvalue weighted by atomic mass is 9.79. The first-order chi connectivity index (χ1) is 15.9. The van der Waals surface area contributed by atoms with Gasteiger partial charge in [0.15, 0.2) is 0 Å². The third kappa shape index (κ3) is 5.85. The van der Waals surface area contributed by atoms with Gasteiger partial charge in [0.1, 0.15) is 17.8 Å². The molecule has 9 heteroatoms. The molecule has 2 heterocycles. The molecule has 176 valence electrons. The number of carbonyl (C=O) groups excluding carboxylic acids is 2. The van der Waals surface area contributed by atoms with Crippen LogP contribution >= 0.6 is 0 Å². The SMILES string of the molecule is CN(C)C(=O)C1CC(Nc2cc(C(=O)NC[C@H](O)CN3CCc4ccccc4C3)ncn2)C1. The van der Waals surface area contributed by atoms with Crippen LogP contribution in [0.4, 0.5) is 5.82 Å². The van der Waals surface area contributed by atoms with Crippen molar-refractivity contribution in [3.63, 3.8) is 0 Å². The number of aliphatic hydroxyl groups is 1. The average Bonchev–Trinajstić information content (AvgIpc) is 2.79. The van der Waals surface area contributed by atoms with Gasteiger partial charge >= 0.3 is 0 Å². The third-order valence-electron chi connectivity index (χ3n) is 6.36. The number of aromatic nitrogens is 2. The first-order valence-corrected chi connectivity index (χ1v) is 11.4. The molecule has 9 nitrogen and oxygen atoms in total. The minimum absolute atomic E-state index is 0.0389. The summed E-state index contributed by atoms with van der Waals surface area (Å²) in [6, 6.07) is 10.1. The van der Waals surface area contributed by atoms with Crippen LogP contribution in [-0.2, 0) is 17.8 Å². The molecule has 2 aromatic rings. The molecule has 0 bridgehead atoms. The van der Waals surface area contributed by atoms with Crippen LogP contribution in [0, 0.1) is 5.92 Å². The fourth-order valence-corrected chi connectivity index (χ4v) is 4.45. The lowest BCUT2D eigenvalue weighted by Gasteiger charge is -2.36. The molecule has 1 saturated carbocycles. The summed E-state index contributed by atoms with van der Waals surface area (Å²) >= 11 is 0. The predicted molar refractivity (Wildman–Crippen MR) is 125 cm³/mol. The molecule has 0 radical (unpaired) electrons. The molecule has 0 spiro atoms. The van der Waals surface area contributed by atoms with Crippen molar-refractivity contribution >= 4 is 17.6 Å². The Morgan fingerprint density at radius 2 is 1.97 bits per heavy atom. The highest BCUT2D eigenvalue weighted by Gasteiger charge is 2.35. The second-order valence-electron chi connectivity index (χ2n) is 9.15. The first kappa shape index (κ1) is 23.1. The van der Waals surface area contributed by atoms with Gasteiger partial charge in [-0.25, -0.2) is 9.97 Å². The minimum Gasteiger partial charge on any atom is -0.390 e. The van der Waals surface area contributed by atoms with Crippen molar-refractivity contribution in [2.45, 2.75) is 38.0 Å². The quantitative estimate of drug-likeness (QED) is 0.546. The van der Waals surface area contributed by atoms with Crippen molar-refractivity contribution in [1.29, 1.82) is 0 Å². The van der Waals surface area contributed by atoms with E-state index in [1.165, 1.54) is 17.5 Å². The van der Waals surface area contributed by atoms with E-state index in [0.717, 1.165) is 32.4 Å². The Balaban J connectivity index is 1.22. The number of nitrogens with one attached hydrogen (secondary N) is 2. The van der Waals surface area contributed by atoms with E-state index in [4.69, 9.17) is 0 Å². The van der Waals surface area contributed by atoms with E-state index >= 15 is 0 Å². The Hall–Kier alpha value is -3.04. The Morgan fingerprint density at radius 3 is 2.73 bits per heavy atom. The summed E-state index contributed by atoms with van der Waals surface area (Å²) in [5.74, 6) is 0.390. The van der Waals surface area contributed by atoms with E-state index in [1.807, 2.05) is 6.07 Å². The summed E-state index contributed by atoms with van der Waals surface area (Å²) in [7, 11) is 3.53. The number of carbonyl (C=O) groups is 2. The van der Waals surface area contributed by atoms with Gasteiger partial charge in [-0.1, -0.05) is 24.3 Å². The molecule has 4 rings (SSSR count). The van der Waals surface area contributed by atoms with Crippen LogP contribution in [0.15, 0.2) is 36.7 Å². The fourth-order valence-electron chi connectivity index (χ4n) is 4.45. The lowest BCUT2D eigenvalue weighted by molar-refractivity contribution is -0.135. The summed E-state index contributed by atoms with van der Waals surface area (Å²) in [6.45, 7) is 2.36. The number of benzene rings is 1. The molecule has 1 aromatic heterocycles. The van der Waals surface area contributed by atoms with E-state index in [2.05, 4.69) is 43.7 Å². The van der Waals surface area contributed by atoms with E-state index in [0.29, 0.717) is 12.4 Å². The highest BCUT2D eigenvalue weighted by molar-refractivity contribution is 5.92. The summed E-state index contributed by atoms with van der Waals surface area (Å²) < 4.78 is 0. The molecular weight excluding hydrogens is 420 g/mol. The number of aliphatic hydroxyl groups excluding tert-OH is 1. The normalized spacial score (nSPS) is 20.8. The Labute approximate surface area is 194 Å². The number of hydrogen-bond donors (Lipinski definition) is 3. The van der Waals surface area contributed by atoms with Crippen LogP contribution < -0.4 is 10.6 Å². The topological polar surface area (TPSA) is 111 Å². The lowest BCUT2D eigenvalue weighted by Crippen LogP contribution is -2.44. The van der Waals surface area contributed by atoms with Crippen LogP contribution in [0.1, 0.15) is 34.5 Å². The van der Waals surface area contributed by atoms with E-state index in [9.17, 15) is 14.7 Å². The second kappa shape index (κ2) is 10.3. The Morgan fingerprint density at radius 1 is 1.21 bits per heavy atom. The van der Waals surface area contributed by atoms with Crippen molar-refractivity contribution in [3.05, 3.63) is 53.5 Å². The first-order valence-electron chi connectivity index (χ1n) is 11.4. The molecule has 1 fully saturated rings. The minimum atomic E-state index is -0.667. The van der Waals surface area contributed by atoms with E-state index < -0.39 is 6.10 Å². The molecule has 3 N–H and O–H groups in total. The van der Waals surface area contributed by atoms with Crippen molar-refractivity contribution < 1.29 is 14.7 Å². The maximum atomic E-state index is 12.5. The van der Waals surface area contributed by atoms with Crippen LogP contribution in [0.2, 0.25) is 0 Å². The van der Waals surface area contributed by atoms with Gasteiger partial charge in [0, 0.05) is 58.3 Å². The van der Waals surface area contributed by atoms with Crippen molar-refractivity contribution in [2.75, 3.05) is 39.0 Å².